The number of rotatable bonds is 6. The van der Waals surface area contributed by atoms with Crippen LogP contribution in [0.4, 0.5) is 8.78 Å². The summed E-state index contributed by atoms with van der Waals surface area (Å²) < 4.78 is 28.5. The molecule has 0 fully saturated rings. The number of benzene rings is 1. The largest absolute Gasteiger partial charge is 0.375 e. The summed E-state index contributed by atoms with van der Waals surface area (Å²) in [6.07, 6.45) is -1.95. The maximum Gasteiger partial charge on any atom is 0.261 e. The van der Waals surface area contributed by atoms with Gasteiger partial charge in [-0.15, -0.1) is 0 Å². The number of para-hydroxylation sites is 1. The molecule has 1 aromatic carbocycles. The summed E-state index contributed by atoms with van der Waals surface area (Å²) in [6.45, 7) is 0.111. The first-order chi connectivity index (χ1) is 8.70. The van der Waals surface area contributed by atoms with E-state index in [9.17, 15) is 8.78 Å². The highest BCUT2D eigenvalue weighted by molar-refractivity contribution is 5.78. The van der Waals surface area contributed by atoms with Crippen molar-refractivity contribution in [3.8, 4) is 0 Å². The lowest BCUT2D eigenvalue weighted by Crippen LogP contribution is -2.07. The summed E-state index contributed by atoms with van der Waals surface area (Å²) in [5.41, 5.74) is 8.32. The molecule has 3 N–H and O–H groups in total. The third-order valence-electron chi connectivity index (χ3n) is 2.59. The standard InChI is InChI=1S/C12H15F2N3O/c13-10(14)7-18-5-4-11-16-9-3-1-2-8(6-15)12(9)17-11/h1-3,10H,4-7,15H2,(H,16,17). The van der Waals surface area contributed by atoms with Crippen molar-refractivity contribution in [2.24, 2.45) is 5.73 Å². The molecule has 18 heavy (non-hydrogen) atoms. The van der Waals surface area contributed by atoms with Crippen molar-refractivity contribution in [2.45, 2.75) is 19.4 Å². The minimum atomic E-state index is -2.43. The molecule has 0 aliphatic rings. The van der Waals surface area contributed by atoms with Gasteiger partial charge in [0.1, 0.15) is 12.4 Å². The maximum absolute atomic E-state index is 11.9. The van der Waals surface area contributed by atoms with Gasteiger partial charge in [0.05, 0.1) is 17.6 Å². The van der Waals surface area contributed by atoms with Crippen LogP contribution in [0.5, 0.6) is 0 Å². The van der Waals surface area contributed by atoms with E-state index >= 15 is 0 Å². The summed E-state index contributed by atoms with van der Waals surface area (Å²) in [7, 11) is 0. The number of hydrogen-bond acceptors (Lipinski definition) is 3. The van der Waals surface area contributed by atoms with Crippen LogP contribution in [0.25, 0.3) is 11.0 Å². The van der Waals surface area contributed by atoms with Crippen molar-refractivity contribution in [3.63, 3.8) is 0 Å². The third-order valence-corrected chi connectivity index (χ3v) is 2.59. The number of nitrogens with two attached hydrogens (primary N) is 1. The number of nitrogens with one attached hydrogen (secondary N) is 1. The summed E-state index contributed by atoms with van der Waals surface area (Å²) >= 11 is 0. The topological polar surface area (TPSA) is 63.9 Å². The van der Waals surface area contributed by atoms with E-state index < -0.39 is 13.0 Å². The van der Waals surface area contributed by atoms with Gasteiger partial charge >= 0.3 is 0 Å². The first-order valence-corrected chi connectivity index (χ1v) is 5.73. The van der Waals surface area contributed by atoms with Crippen LogP contribution >= 0.6 is 0 Å². The summed E-state index contributed by atoms with van der Waals surface area (Å²) in [5.74, 6) is 0.722. The average Bonchev–Trinajstić information content (AvgIpc) is 2.76. The minimum absolute atomic E-state index is 0.224. The molecule has 0 unspecified atom stereocenters. The van der Waals surface area contributed by atoms with Crippen molar-refractivity contribution in [1.82, 2.24) is 9.97 Å². The van der Waals surface area contributed by atoms with Gasteiger partial charge in [-0.25, -0.2) is 13.8 Å². The Morgan fingerprint density at radius 1 is 1.39 bits per heavy atom. The molecular weight excluding hydrogens is 240 g/mol. The van der Waals surface area contributed by atoms with E-state index in [2.05, 4.69) is 9.97 Å². The van der Waals surface area contributed by atoms with E-state index in [1.165, 1.54) is 0 Å². The number of nitrogens with zero attached hydrogens (tertiary/aromatic N) is 1. The lowest BCUT2D eigenvalue weighted by atomic mass is 10.2. The van der Waals surface area contributed by atoms with Gasteiger partial charge in [-0.1, -0.05) is 12.1 Å². The summed E-state index contributed by atoms with van der Waals surface area (Å²) in [4.78, 5) is 7.52. The molecule has 2 rings (SSSR count). The molecule has 0 amide bonds. The van der Waals surface area contributed by atoms with Crippen LogP contribution in [0.1, 0.15) is 11.4 Å². The van der Waals surface area contributed by atoms with Crippen molar-refractivity contribution >= 4 is 11.0 Å². The SMILES string of the molecule is NCc1cccc2[nH]c(CCOCC(F)F)nc12. The van der Waals surface area contributed by atoms with Gasteiger partial charge in [0.2, 0.25) is 0 Å². The van der Waals surface area contributed by atoms with E-state index in [0.717, 1.165) is 22.4 Å². The molecule has 0 spiro atoms. The van der Waals surface area contributed by atoms with Gasteiger partial charge in [0.25, 0.3) is 6.43 Å². The van der Waals surface area contributed by atoms with Crippen molar-refractivity contribution in [2.75, 3.05) is 13.2 Å². The monoisotopic (exact) mass is 255 g/mol. The number of imidazole rings is 1. The van der Waals surface area contributed by atoms with Gasteiger partial charge in [0, 0.05) is 13.0 Å². The van der Waals surface area contributed by atoms with Crippen molar-refractivity contribution in [3.05, 3.63) is 29.6 Å². The van der Waals surface area contributed by atoms with Crippen molar-refractivity contribution < 1.29 is 13.5 Å². The van der Waals surface area contributed by atoms with E-state index in [0.29, 0.717) is 13.0 Å². The third kappa shape index (κ3) is 3.02. The Morgan fingerprint density at radius 3 is 2.94 bits per heavy atom. The molecular formula is C12H15F2N3O. The lowest BCUT2D eigenvalue weighted by molar-refractivity contribution is 0.0183. The second-order valence-corrected chi connectivity index (χ2v) is 3.92. The lowest BCUT2D eigenvalue weighted by Gasteiger charge is -2.00. The highest BCUT2D eigenvalue weighted by atomic mass is 19.3. The van der Waals surface area contributed by atoms with Gasteiger partial charge < -0.3 is 15.5 Å². The number of ether oxygens (including phenoxy) is 1. The van der Waals surface area contributed by atoms with E-state index in [-0.39, 0.29) is 6.61 Å². The van der Waals surface area contributed by atoms with Crippen LogP contribution in [0.15, 0.2) is 18.2 Å². The summed E-state index contributed by atoms with van der Waals surface area (Å²) in [6, 6.07) is 5.73. The fourth-order valence-electron chi connectivity index (χ4n) is 1.77. The Morgan fingerprint density at radius 2 is 2.22 bits per heavy atom. The molecule has 1 heterocycles. The molecule has 1 aromatic heterocycles. The second-order valence-electron chi connectivity index (χ2n) is 3.92. The predicted octanol–water partition coefficient (Wildman–Crippen LogP) is 1.85. The average molecular weight is 255 g/mol. The van der Waals surface area contributed by atoms with Crippen LogP contribution in [0.2, 0.25) is 0 Å². The molecule has 98 valence electrons. The van der Waals surface area contributed by atoms with Crippen LogP contribution in [0, 0.1) is 0 Å². The van der Waals surface area contributed by atoms with Crippen LogP contribution in [0.3, 0.4) is 0 Å². The molecule has 2 aromatic rings. The zero-order valence-electron chi connectivity index (χ0n) is 9.83. The highest BCUT2D eigenvalue weighted by Gasteiger charge is 2.07. The molecule has 0 saturated heterocycles. The fraction of sp³-hybridized carbons (Fsp3) is 0.417. The number of fused-ring (bicyclic) bond motifs is 1. The normalized spacial score (nSPS) is 11.6. The van der Waals surface area contributed by atoms with Crippen LogP contribution in [-0.2, 0) is 17.7 Å². The predicted molar refractivity (Wildman–Crippen MR) is 64.5 cm³/mol. The molecule has 6 heteroatoms. The summed E-state index contributed by atoms with van der Waals surface area (Å²) in [5, 5.41) is 0. The highest BCUT2D eigenvalue weighted by Crippen LogP contribution is 2.16. The number of aromatic nitrogens is 2. The number of alkyl halides is 2. The molecule has 0 saturated carbocycles. The van der Waals surface area contributed by atoms with E-state index in [4.69, 9.17) is 10.5 Å². The molecule has 0 bridgehead atoms. The molecule has 4 nitrogen and oxygen atoms in total. The first-order valence-electron chi connectivity index (χ1n) is 5.73. The zero-order chi connectivity index (χ0) is 13.0. The first kappa shape index (κ1) is 12.9. The van der Waals surface area contributed by atoms with Crippen molar-refractivity contribution in [1.29, 1.82) is 0 Å². The van der Waals surface area contributed by atoms with Gasteiger partial charge in [-0.05, 0) is 11.6 Å². The quantitative estimate of drug-likeness (QED) is 0.774. The number of hydrogen-bond donors (Lipinski definition) is 2. The smallest absolute Gasteiger partial charge is 0.261 e. The van der Waals surface area contributed by atoms with Crippen LogP contribution < -0.4 is 5.73 Å². The Bertz CT molecular complexity index is 513. The second kappa shape index (κ2) is 5.88. The molecule has 0 aliphatic carbocycles. The van der Waals surface area contributed by atoms with Gasteiger partial charge in [0.15, 0.2) is 0 Å². The van der Waals surface area contributed by atoms with E-state index in [1.54, 1.807) is 0 Å². The Kier molecular flexibility index (Phi) is 4.22. The number of aromatic amines is 1. The van der Waals surface area contributed by atoms with Gasteiger partial charge in [-0.2, -0.15) is 0 Å². The Hall–Kier alpha value is -1.53. The fourth-order valence-corrected chi connectivity index (χ4v) is 1.77. The zero-order valence-corrected chi connectivity index (χ0v) is 9.83. The Balaban J connectivity index is 2.02. The molecule has 0 radical (unpaired) electrons. The number of H-pyrrole nitrogens is 1. The van der Waals surface area contributed by atoms with Crippen LogP contribution in [-0.4, -0.2) is 29.6 Å². The maximum atomic E-state index is 11.9. The van der Waals surface area contributed by atoms with E-state index in [1.807, 2.05) is 18.2 Å². The minimum Gasteiger partial charge on any atom is -0.375 e. The Labute approximate surface area is 103 Å². The molecule has 0 atom stereocenters. The van der Waals surface area contributed by atoms with Gasteiger partial charge in [-0.3, -0.25) is 0 Å². The number of halogens is 2. The molecule has 0 aliphatic heterocycles.